The number of allylic oxidation sites excluding steroid dienone is 1. The van der Waals surface area contributed by atoms with Gasteiger partial charge in [-0.25, -0.2) is 0 Å². The van der Waals surface area contributed by atoms with E-state index < -0.39 is 0 Å². The Bertz CT molecular complexity index is 1040. The summed E-state index contributed by atoms with van der Waals surface area (Å²) in [6.07, 6.45) is 20.9. The number of hydrogen-bond acceptors (Lipinski definition) is 1. The topological polar surface area (TPSA) is 15.4 Å². The first kappa shape index (κ1) is 33.0. The molecule has 0 amide bonds. The summed E-state index contributed by atoms with van der Waals surface area (Å²) in [6.45, 7) is 16.8. The lowest BCUT2D eigenvalue weighted by Gasteiger charge is -2.13. The van der Waals surface area contributed by atoms with E-state index in [4.69, 9.17) is 5.11 Å². The van der Waals surface area contributed by atoms with Crippen molar-refractivity contribution in [2.75, 3.05) is 6.54 Å². The Labute approximate surface area is 242 Å². The Kier molecular flexibility index (Phi) is 16.0. The molecule has 0 aliphatic carbocycles. The molecule has 0 aliphatic rings. The predicted octanol–water partition coefficient (Wildman–Crippen LogP) is 11.7. The van der Waals surface area contributed by atoms with E-state index in [-0.39, 0.29) is 0 Å². The second-order valence-electron chi connectivity index (χ2n) is 11.4. The van der Waals surface area contributed by atoms with E-state index >= 15 is 0 Å². The van der Waals surface area contributed by atoms with Crippen molar-refractivity contribution in [3.8, 4) is 0 Å². The molecule has 2 nitrogen and oxygen atoms in total. The van der Waals surface area contributed by atoms with Gasteiger partial charge in [-0.1, -0.05) is 102 Å². The van der Waals surface area contributed by atoms with Gasteiger partial charge in [0.25, 0.3) is 0 Å². The van der Waals surface area contributed by atoms with Gasteiger partial charge in [0.15, 0.2) is 6.54 Å². The molecule has 2 rings (SSSR count). The van der Waals surface area contributed by atoms with Crippen LogP contribution >= 0.6 is 0 Å². The van der Waals surface area contributed by atoms with Crippen LogP contribution in [-0.2, 0) is 25.7 Å². The van der Waals surface area contributed by atoms with E-state index in [0.29, 0.717) is 0 Å². The van der Waals surface area contributed by atoms with Crippen LogP contribution in [0.5, 0.6) is 0 Å². The molecule has 0 bridgehead atoms. The minimum absolute atomic E-state index is 0.876. The molecule has 0 radical (unpaired) electrons. The molecule has 216 valence electrons. The molecule has 0 saturated carbocycles. The van der Waals surface area contributed by atoms with E-state index in [1.807, 2.05) is 0 Å². The molecule has 0 spiro atoms. The molecule has 2 heteroatoms. The van der Waals surface area contributed by atoms with Crippen LogP contribution in [0.1, 0.15) is 146 Å². The minimum atomic E-state index is 0.876. The standard InChI is InChI=1S/C37H59N2/c1-8-14-17-19-22-32-25-31(21-16-10-3)27-35(28-32)38-39(13-6)36(11-4)29-33-24-30(7)37(12-5)34(26-33)23-20-18-15-9-2/h24-29H,8-23H2,1-7H3/q+1. The van der Waals surface area contributed by atoms with Crippen molar-refractivity contribution >= 4 is 11.8 Å². The maximum Gasteiger partial charge on any atom is 0.208 e. The highest BCUT2D eigenvalue weighted by Gasteiger charge is 2.15. The van der Waals surface area contributed by atoms with Crippen molar-refractivity contribution in [3.05, 3.63) is 69.4 Å². The van der Waals surface area contributed by atoms with Crippen molar-refractivity contribution in [1.82, 2.24) is 0 Å². The van der Waals surface area contributed by atoms with Gasteiger partial charge in [-0.2, -0.15) is 0 Å². The highest BCUT2D eigenvalue weighted by Crippen LogP contribution is 2.25. The van der Waals surface area contributed by atoms with Gasteiger partial charge < -0.3 is 0 Å². The van der Waals surface area contributed by atoms with Crippen LogP contribution in [0.4, 0.5) is 5.69 Å². The Morgan fingerprint density at radius 3 is 1.87 bits per heavy atom. The number of benzene rings is 2. The summed E-state index contributed by atoms with van der Waals surface area (Å²) in [5, 5.41) is 5.23. The summed E-state index contributed by atoms with van der Waals surface area (Å²) in [5.41, 5.74) is 11.2. The van der Waals surface area contributed by atoms with Gasteiger partial charge in [0.05, 0.1) is 0 Å². The van der Waals surface area contributed by atoms with Crippen molar-refractivity contribution in [2.45, 2.75) is 145 Å². The number of unbranched alkanes of at least 4 members (excludes halogenated alkanes) is 7. The van der Waals surface area contributed by atoms with Crippen LogP contribution in [0, 0.1) is 6.92 Å². The SMILES string of the molecule is CCCCCCc1cc(CCCC)cc(N=[N+](CC)C(=Cc2cc(C)c(CC)c(CCCCCC)c2)CC)c1. The molecule has 39 heavy (non-hydrogen) atoms. The van der Waals surface area contributed by atoms with Crippen LogP contribution < -0.4 is 0 Å². The zero-order chi connectivity index (χ0) is 28.5. The second-order valence-corrected chi connectivity index (χ2v) is 11.4. The summed E-state index contributed by atoms with van der Waals surface area (Å²) in [5.74, 6) is 0. The van der Waals surface area contributed by atoms with E-state index in [1.54, 1.807) is 11.1 Å². The summed E-state index contributed by atoms with van der Waals surface area (Å²) >= 11 is 0. The van der Waals surface area contributed by atoms with E-state index in [2.05, 4.69) is 89.6 Å². The van der Waals surface area contributed by atoms with Crippen molar-refractivity contribution in [2.24, 2.45) is 5.11 Å². The molecule has 0 heterocycles. The average molecular weight is 532 g/mol. The van der Waals surface area contributed by atoms with Gasteiger partial charge in [-0.05, 0) is 109 Å². The van der Waals surface area contributed by atoms with Crippen LogP contribution in [-0.4, -0.2) is 11.2 Å². The molecule has 0 fully saturated rings. The zero-order valence-corrected chi connectivity index (χ0v) is 26.7. The van der Waals surface area contributed by atoms with Crippen LogP contribution in [0.2, 0.25) is 0 Å². The van der Waals surface area contributed by atoms with Gasteiger partial charge in [-0.3, -0.25) is 0 Å². The first-order chi connectivity index (χ1) is 19.0. The quantitative estimate of drug-likeness (QED) is 0.0973. The fourth-order valence-corrected chi connectivity index (χ4v) is 5.73. The molecule has 0 aromatic heterocycles. The van der Waals surface area contributed by atoms with Crippen molar-refractivity contribution in [3.63, 3.8) is 0 Å². The molecule has 2 aromatic carbocycles. The first-order valence-electron chi connectivity index (χ1n) is 16.4. The van der Waals surface area contributed by atoms with Gasteiger partial charge in [0.1, 0.15) is 5.69 Å². The summed E-state index contributed by atoms with van der Waals surface area (Å²) < 4.78 is 2.24. The molecule has 0 N–H and O–H groups in total. The highest BCUT2D eigenvalue weighted by atomic mass is 15.3. The van der Waals surface area contributed by atoms with Crippen molar-refractivity contribution in [1.29, 1.82) is 0 Å². The van der Waals surface area contributed by atoms with Gasteiger partial charge in [0.2, 0.25) is 5.70 Å². The minimum Gasteiger partial charge on any atom is -0.0882 e. The largest absolute Gasteiger partial charge is 0.208 e. The van der Waals surface area contributed by atoms with Gasteiger partial charge in [-0.15, -0.1) is 0 Å². The number of aryl methyl sites for hydroxylation is 4. The number of azo groups is 2. The summed E-state index contributed by atoms with van der Waals surface area (Å²) in [6, 6.07) is 12.0. The van der Waals surface area contributed by atoms with Crippen LogP contribution in [0.15, 0.2) is 41.1 Å². The summed E-state index contributed by atoms with van der Waals surface area (Å²) in [4.78, 5) is 0. The fourth-order valence-electron chi connectivity index (χ4n) is 5.73. The second kappa shape index (κ2) is 19.0. The van der Waals surface area contributed by atoms with Gasteiger partial charge >= 0.3 is 0 Å². The fraction of sp³-hybridized carbons (Fsp3) is 0.622. The molecular formula is C37H59N2+. The molecule has 0 aliphatic heterocycles. The third-order valence-electron chi connectivity index (χ3n) is 7.98. The van der Waals surface area contributed by atoms with Gasteiger partial charge in [0, 0.05) is 12.5 Å². The van der Waals surface area contributed by atoms with Crippen LogP contribution in [0.25, 0.3) is 6.08 Å². The lowest BCUT2D eigenvalue weighted by molar-refractivity contribution is -0.539. The normalized spacial score (nSPS) is 12.4. The van der Waals surface area contributed by atoms with E-state index in [1.165, 1.54) is 98.6 Å². The van der Waals surface area contributed by atoms with E-state index in [0.717, 1.165) is 37.9 Å². The lowest BCUT2D eigenvalue weighted by atomic mass is 9.92. The molecule has 0 unspecified atom stereocenters. The number of hydrogen-bond donors (Lipinski definition) is 0. The first-order valence-corrected chi connectivity index (χ1v) is 16.4. The third kappa shape index (κ3) is 11.4. The molecule has 0 atom stereocenters. The number of nitrogens with zero attached hydrogens (tertiary/aromatic N) is 2. The molecule has 2 aromatic rings. The Balaban J connectivity index is 2.40. The monoisotopic (exact) mass is 531 g/mol. The molecule has 0 saturated heterocycles. The van der Waals surface area contributed by atoms with E-state index in [9.17, 15) is 0 Å². The lowest BCUT2D eigenvalue weighted by Crippen LogP contribution is -2.08. The highest BCUT2D eigenvalue weighted by molar-refractivity contribution is 5.56. The predicted molar refractivity (Wildman–Crippen MR) is 172 cm³/mol. The maximum absolute atomic E-state index is 5.23. The maximum atomic E-state index is 5.23. The zero-order valence-electron chi connectivity index (χ0n) is 26.7. The number of rotatable bonds is 19. The smallest absolute Gasteiger partial charge is 0.0882 e. The van der Waals surface area contributed by atoms with Crippen LogP contribution in [0.3, 0.4) is 0 Å². The Morgan fingerprint density at radius 1 is 0.692 bits per heavy atom. The summed E-state index contributed by atoms with van der Waals surface area (Å²) in [7, 11) is 0. The average Bonchev–Trinajstić information content (AvgIpc) is 2.94. The van der Waals surface area contributed by atoms with Crippen molar-refractivity contribution < 1.29 is 4.70 Å². The third-order valence-corrected chi connectivity index (χ3v) is 7.98. The molecular weight excluding hydrogens is 472 g/mol. The Hall–Kier alpha value is -2.22. The Morgan fingerprint density at radius 2 is 1.31 bits per heavy atom.